The van der Waals surface area contributed by atoms with E-state index in [0.29, 0.717) is 23.7 Å². The average Bonchev–Trinajstić information content (AvgIpc) is 3.38. The first kappa shape index (κ1) is 22.7. The van der Waals surface area contributed by atoms with Gasteiger partial charge in [0.2, 0.25) is 10.1 Å². The monoisotopic (exact) mass is 494 g/mol. The highest BCUT2D eigenvalue weighted by Gasteiger charge is 2.27. The maximum Gasteiger partial charge on any atom is 0.253 e. The van der Waals surface area contributed by atoms with Crippen LogP contribution in [0, 0.1) is 0 Å². The molecule has 5 rings (SSSR count). The molecule has 0 spiro atoms. The average molecular weight is 495 g/mol. The van der Waals surface area contributed by atoms with Crippen molar-refractivity contribution in [3.05, 3.63) is 65.2 Å². The number of carbonyl (C=O) groups is 1. The number of nitrogens with zero attached hydrogens (tertiary/aromatic N) is 5. The number of halogens is 1. The Morgan fingerprint density at radius 1 is 1.00 bits per heavy atom. The summed E-state index contributed by atoms with van der Waals surface area (Å²) < 4.78 is 1.92. The van der Waals surface area contributed by atoms with E-state index in [2.05, 4.69) is 43.1 Å². The molecule has 1 N–H and O–H groups in total. The van der Waals surface area contributed by atoms with E-state index in [1.54, 1.807) is 35.6 Å². The van der Waals surface area contributed by atoms with Gasteiger partial charge in [0.1, 0.15) is 5.69 Å². The van der Waals surface area contributed by atoms with Crippen molar-refractivity contribution in [2.45, 2.75) is 26.3 Å². The Bertz CT molecular complexity index is 1300. The third-order valence-corrected chi connectivity index (χ3v) is 6.88. The third-order valence-electron chi connectivity index (χ3n) is 5.66. The summed E-state index contributed by atoms with van der Waals surface area (Å²) in [5, 5.41) is 10.1. The van der Waals surface area contributed by atoms with Crippen molar-refractivity contribution in [2.24, 2.45) is 0 Å². The number of carbonyl (C=O) groups excluding carboxylic acids is 1. The van der Waals surface area contributed by atoms with E-state index in [4.69, 9.17) is 21.7 Å². The minimum Gasteiger partial charge on any atom is -0.364 e. The van der Waals surface area contributed by atoms with Gasteiger partial charge in [-0.25, -0.2) is 4.98 Å². The maximum atomic E-state index is 12.8. The van der Waals surface area contributed by atoms with Gasteiger partial charge >= 0.3 is 0 Å². The zero-order valence-electron chi connectivity index (χ0n) is 19.5. The quantitative estimate of drug-likeness (QED) is 0.418. The Balaban J connectivity index is 1.37. The molecule has 0 aliphatic carbocycles. The molecule has 0 atom stereocenters. The van der Waals surface area contributed by atoms with Crippen molar-refractivity contribution in [3.63, 3.8) is 0 Å². The summed E-state index contributed by atoms with van der Waals surface area (Å²) in [6.45, 7) is 9.13. The number of piperazine rings is 1. The molecule has 0 saturated carbocycles. The third kappa shape index (κ3) is 4.60. The van der Waals surface area contributed by atoms with Crippen LogP contribution in [0.2, 0.25) is 5.02 Å². The van der Waals surface area contributed by atoms with Crippen molar-refractivity contribution < 1.29 is 4.79 Å². The van der Waals surface area contributed by atoms with Gasteiger partial charge in [-0.1, -0.05) is 53.3 Å². The molecule has 2 aromatic carbocycles. The number of nitrogens with one attached hydrogen (secondary N) is 1. The van der Waals surface area contributed by atoms with Crippen molar-refractivity contribution in [2.75, 3.05) is 36.4 Å². The molecule has 1 aliphatic heterocycles. The van der Waals surface area contributed by atoms with Gasteiger partial charge in [0.15, 0.2) is 5.82 Å². The molecule has 4 aromatic rings. The number of hydrogen-bond donors (Lipinski definition) is 1. The molecule has 1 amide bonds. The molecule has 1 aliphatic rings. The second-order valence-electron chi connectivity index (χ2n) is 9.42. The zero-order chi connectivity index (χ0) is 23.9. The molecule has 1 saturated heterocycles. The Labute approximate surface area is 208 Å². The number of anilines is 2. The molecule has 2 aromatic heterocycles. The van der Waals surface area contributed by atoms with Crippen LogP contribution in [0.25, 0.3) is 16.2 Å². The van der Waals surface area contributed by atoms with E-state index in [9.17, 15) is 4.79 Å². The molecular formula is C25H27ClN6OS. The van der Waals surface area contributed by atoms with Gasteiger partial charge in [0.25, 0.3) is 5.91 Å². The van der Waals surface area contributed by atoms with Gasteiger partial charge in [0.05, 0.1) is 0 Å². The first-order valence-corrected chi connectivity index (χ1v) is 12.5. The van der Waals surface area contributed by atoms with Gasteiger partial charge in [-0.05, 0) is 45.0 Å². The van der Waals surface area contributed by atoms with Crippen LogP contribution in [0.4, 0.5) is 10.9 Å². The summed E-state index contributed by atoms with van der Waals surface area (Å²) in [7, 11) is 0. The molecule has 176 valence electrons. The van der Waals surface area contributed by atoms with E-state index in [1.807, 2.05) is 27.6 Å². The smallest absolute Gasteiger partial charge is 0.253 e. The van der Waals surface area contributed by atoms with Crippen LogP contribution in [0.3, 0.4) is 0 Å². The lowest BCUT2D eigenvalue weighted by Gasteiger charge is -2.34. The van der Waals surface area contributed by atoms with Gasteiger partial charge in [-0.3, -0.25) is 4.79 Å². The lowest BCUT2D eigenvalue weighted by Crippen LogP contribution is -2.48. The van der Waals surface area contributed by atoms with Crippen molar-refractivity contribution in [1.82, 2.24) is 19.5 Å². The first-order valence-electron chi connectivity index (χ1n) is 11.3. The van der Waals surface area contributed by atoms with Gasteiger partial charge in [-0.15, -0.1) is 5.10 Å². The molecular weight excluding hydrogens is 468 g/mol. The first-order chi connectivity index (χ1) is 16.3. The molecule has 1 fully saturated rings. The minimum atomic E-state index is -0.142. The zero-order valence-corrected chi connectivity index (χ0v) is 21.0. The Kier molecular flexibility index (Phi) is 5.95. The number of imidazole rings is 1. The fraction of sp³-hybridized carbons (Fsp3) is 0.320. The van der Waals surface area contributed by atoms with Gasteiger partial charge in [0, 0.05) is 47.9 Å². The number of rotatable bonds is 4. The summed E-state index contributed by atoms with van der Waals surface area (Å²) in [6.07, 6.45) is 0. The lowest BCUT2D eigenvalue weighted by molar-refractivity contribution is 0.0746. The number of aromatic nitrogens is 3. The molecule has 7 nitrogen and oxygen atoms in total. The van der Waals surface area contributed by atoms with Crippen molar-refractivity contribution >= 4 is 44.8 Å². The fourth-order valence-electron chi connectivity index (χ4n) is 4.01. The van der Waals surface area contributed by atoms with Crippen LogP contribution in [-0.2, 0) is 0 Å². The topological polar surface area (TPSA) is 65.8 Å². The second kappa shape index (κ2) is 8.92. The van der Waals surface area contributed by atoms with Crippen molar-refractivity contribution in [1.29, 1.82) is 0 Å². The van der Waals surface area contributed by atoms with Crippen LogP contribution in [0.1, 0.15) is 31.1 Å². The van der Waals surface area contributed by atoms with Crippen LogP contribution in [-0.4, -0.2) is 57.1 Å². The second-order valence-corrected chi connectivity index (χ2v) is 10.8. The fourth-order valence-corrected chi connectivity index (χ4v) is 5.09. The van der Waals surface area contributed by atoms with Gasteiger partial charge < -0.3 is 15.1 Å². The van der Waals surface area contributed by atoms with Crippen LogP contribution < -0.4 is 10.2 Å². The summed E-state index contributed by atoms with van der Waals surface area (Å²) in [6, 6.07) is 17.2. The van der Waals surface area contributed by atoms with E-state index in [1.165, 1.54) is 0 Å². The summed E-state index contributed by atoms with van der Waals surface area (Å²) in [4.78, 5) is 22.7. The predicted octanol–water partition coefficient (Wildman–Crippen LogP) is 5.28. The summed E-state index contributed by atoms with van der Waals surface area (Å²) >= 11 is 7.53. The highest BCUT2D eigenvalue weighted by Crippen LogP contribution is 2.35. The highest BCUT2D eigenvalue weighted by atomic mass is 35.5. The highest BCUT2D eigenvalue weighted by molar-refractivity contribution is 7.20. The summed E-state index contributed by atoms with van der Waals surface area (Å²) in [5.74, 6) is 0.933. The molecule has 0 bridgehead atoms. The molecule has 0 unspecified atom stereocenters. The molecule has 34 heavy (non-hydrogen) atoms. The normalized spacial score (nSPS) is 14.6. The number of fused-ring (bicyclic) bond motifs is 1. The Hall–Kier alpha value is -3.10. The van der Waals surface area contributed by atoms with Crippen LogP contribution >= 0.6 is 22.9 Å². The molecule has 0 radical (unpaired) electrons. The van der Waals surface area contributed by atoms with E-state index in [0.717, 1.165) is 40.3 Å². The Morgan fingerprint density at radius 2 is 1.68 bits per heavy atom. The number of benzene rings is 2. The predicted molar refractivity (Wildman–Crippen MR) is 139 cm³/mol. The molecule has 3 heterocycles. The number of amides is 1. The van der Waals surface area contributed by atoms with Crippen LogP contribution in [0.5, 0.6) is 0 Å². The SMILES string of the molecule is CC(C)(C)Nc1c(-c2ccccc2)nc2sc(N3CCN(C(=O)c4ccc(Cl)cc4)CC3)nn12. The molecule has 9 heteroatoms. The van der Waals surface area contributed by atoms with E-state index in [-0.39, 0.29) is 11.4 Å². The minimum absolute atomic E-state index is 0.0365. The number of hydrogen-bond acceptors (Lipinski definition) is 6. The Morgan fingerprint density at radius 3 is 2.32 bits per heavy atom. The summed E-state index contributed by atoms with van der Waals surface area (Å²) in [5.41, 5.74) is 2.48. The van der Waals surface area contributed by atoms with Crippen molar-refractivity contribution in [3.8, 4) is 11.3 Å². The van der Waals surface area contributed by atoms with E-state index < -0.39 is 0 Å². The van der Waals surface area contributed by atoms with Gasteiger partial charge in [-0.2, -0.15) is 4.52 Å². The lowest BCUT2D eigenvalue weighted by atomic mass is 10.1. The van der Waals surface area contributed by atoms with E-state index >= 15 is 0 Å². The largest absolute Gasteiger partial charge is 0.364 e. The standard InChI is InChI=1S/C25H27ClN6OS/c1-25(2,3)28-21-20(17-7-5-4-6-8-17)27-23-32(21)29-24(34-23)31-15-13-30(14-16-31)22(33)18-9-11-19(26)12-10-18/h4-12,28H,13-16H2,1-3H3. The van der Waals surface area contributed by atoms with Crippen LogP contribution in [0.15, 0.2) is 54.6 Å². The maximum absolute atomic E-state index is 12.8.